The summed E-state index contributed by atoms with van der Waals surface area (Å²) in [5, 5.41) is 8.71. The van der Waals surface area contributed by atoms with E-state index in [-0.39, 0.29) is 11.1 Å². The number of aliphatic hydroxyl groups is 1. The molecule has 2 nitrogen and oxygen atoms in total. The maximum absolute atomic E-state index is 12.6. The highest BCUT2D eigenvalue weighted by atomic mass is 19.3. The quantitative estimate of drug-likeness (QED) is 0.725. The van der Waals surface area contributed by atoms with Crippen molar-refractivity contribution >= 4 is 0 Å². The molecule has 1 heterocycles. The molecule has 0 saturated carbocycles. The van der Waals surface area contributed by atoms with Gasteiger partial charge in [0.1, 0.15) is 5.69 Å². The predicted octanol–water partition coefficient (Wildman–Crippen LogP) is 1.96. The Morgan fingerprint density at radius 1 is 1.54 bits per heavy atom. The third-order valence-electron chi connectivity index (χ3n) is 1.76. The van der Waals surface area contributed by atoms with E-state index < -0.39 is 24.7 Å². The number of halogens is 3. The molecule has 13 heavy (non-hydrogen) atoms. The van der Waals surface area contributed by atoms with E-state index in [0.29, 0.717) is 0 Å². The van der Waals surface area contributed by atoms with Crippen LogP contribution in [0.3, 0.4) is 0 Å². The summed E-state index contributed by atoms with van der Waals surface area (Å²) in [4.78, 5) is 3.05. The van der Waals surface area contributed by atoms with Crippen molar-refractivity contribution in [3.63, 3.8) is 0 Å². The minimum atomic E-state index is -2.82. The Hall–Kier alpha value is -1.10. The topological polar surface area (TPSA) is 33.1 Å². The second kappa shape index (κ2) is 3.74. The van der Waals surface area contributed by atoms with Gasteiger partial charge in [0.15, 0.2) is 0 Å². The van der Waals surface area contributed by atoms with Crippen LogP contribution in [0.1, 0.15) is 23.2 Å². The van der Waals surface area contributed by atoms with Crippen molar-refractivity contribution < 1.29 is 18.3 Å². The SMILES string of the molecule is Cc1c(CO)cc(F)nc1C(F)F. The molecule has 1 aromatic rings. The molecule has 0 aromatic carbocycles. The standard InChI is InChI=1S/C8H8F3NO/c1-4-5(3-13)2-6(9)12-7(4)8(10)11/h2,8,13H,3H2,1H3. The van der Waals surface area contributed by atoms with Crippen molar-refractivity contribution in [2.45, 2.75) is 20.0 Å². The Bertz CT molecular complexity index is 315. The maximum atomic E-state index is 12.6. The maximum Gasteiger partial charge on any atom is 0.280 e. The summed E-state index contributed by atoms with van der Waals surface area (Å²) >= 11 is 0. The fourth-order valence-corrected chi connectivity index (χ4v) is 1.02. The number of hydrogen-bond acceptors (Lipinski definition) is 2. The molecule has 0 amide bonds. The van der Waals surface area contributed by atoms with Crippen molar-refractivity contribution in [3.8, 4) is 0 Å². The molecule has 72 valence electrons. The number of nitrogens with zero attached hydrogens (tertiary/aromatic N) is 1. The van der Waals surface area contributed by atoms with Gasteiger partial charge in [-0.05, 0) is 24.1 Å². The zero-order chi connectivity index (χ0) is 10.0. The molecular weight excluding hydrogens is 183 g/mol. The zero-order valence-corrected chi connectivity index (χ0v) is 6.89. The van der Waals surface area contributed by atoms with Gasteiger partial charge in [-0.25, -0.2) is 13.8 Å². The largest absolute Gasteiger partial charge is 0.392 e. The van der Waals surface area contributed by atoms with Gasteiger partial charge >= 0.3 is 0 Å². The number of rotatable bonds is 2. The van der Waals surface area contributed by atoms with E-state index in [1.54, 1.807) is 0 Å². The lowest BCUT2D eigenvalue weighted by molar-refractivity contribution is 0.143. The first kappa shape index (κ1) is 9.98. The molecule has 0 bridgehead atoms. The van der Waals surface area contributed by atoms with E-state index in [1.165, 1.54) is 6.92 Å². The molecule has 0 saturated heterocycles. The molecule has 1 N–H and O–H groups in total. The monoisotopic (exact) mass is 191 g/mol. The Balaban J connectivity index is 3.27. The van der Waals surface area contributed by atoms with Gasteiger partial charge in [-0.3, -0.25) is 0 Å². The Morgan fingerprint density at radius 3 is 2.62 bits per heavy atom. The zero-order valence-electron chi connectivity index (χ0n) is 6.89. The molecule has 0 aliphatic heterocycles. The highest BCUT2D eigenvalue weighted by Crippen LogP contribution is 2.23. The van der Waals surface area contributed by atoms with Gasteiger partial charge in [0, 0.05) is 0 Å². The van der Waals surface area contributed by atoms with Crippen molar-refractivity contribution in [3.05, 3.63) is 28.8 Å². The summed E-state index contributed by atoms with van der Waals surface area (Å²) in [5.74, 6) is -0.995. The fourth-order valence-electron chi connectivity index (χ4n) is 1.02. The second-order valence-corrected chi connectivity index (χ2v) is 2.57. The van der Waals surface area contributed by atoms with E-state index in [2.05, 4.69) is 4.98 Å². The lowest BCUT2D eigenvalue weighted by Gasteiger charge is -2.07. The van der Waals surface area contributed by atoms with Crippen molar-refractivity contribution in [2.75, 3.05) is 0 Å². The summed E-state index contributed by atoms with van der Waals surface area (Å²) in [6.07, 6.45) is -2.82. The minimum Gasteiger partial charge on any atom is -0.392 e. The Kier molecular flexibility index (Phi) is 2.87. The van der Waals surface area contributed by atoms with Crippen LogP contribution >= 0.6 is 0 Å². The van der Waals surface area contributed by atoms with Gasteiger partial charge in [0.25, 0.3) is 6.43 Å². The molecule has 5 heteroatoms. The highest BCUT2D eigenvalue weighted by molar-refractivity contribution is 5.29. The van der Waals surface area contributed by atoms with Crippen LogP contribution in [0.15, 0.2) is 6.07 Å². The van der Waals surface area contributed by atoms with Crippen LogP contribution in [-0.4, -0.2) is 10.1 Å². The van der Waals surface area contributed by atoms with Gasteiger partial charge < -0.3 is 5.11 Å². The molecular formula is C8H8F3NO. The van der Waals surface area contributed by atoms with Crippen LogP contribution in [0.4, 0.5) is 13.2 Å². The summed E-state index contributed by atoms with van der Waals surface area (Å²) in [7, 11) is 0. The summed E-state index contributed by atoms with van der Waals surface area (Å²) in [6.45, 7) is 0.907. The number of aromatic nitrogens is 1. The molecule has 0 radical (unpaired) electrons. The van der Waals surface area contributed by atoms with Gasteiger partial charge in [-0.1, -0.05) is 0 Å². The van der Waals surface area contributed by atoms with Crippen LogP contribution in [0.2, 0.25) is 0 Å². The van der Waals surface area contributed by atoms with Crippen LogP contribution < -0.4 is 0 Å². The smallest absolute Gasteiger partial charge is 0.280 e. The highest BCUT2D eigenvalue weighted by Gasteiger charge is 2.16. The fraction of sp³-hybridized carbons (Fsp3) is 0.375. The Labute approximate surface area is 73.0 Å². The number of pyridine rings is 1. The van der Waals surface area contributed by atoms with Crippen molar-refractivity contribution in [1.82, 2.24) is 4.98 Å². The molecule has 1 aromatic heterocycles. The van der Waals surface area contributed by atoms with Gasteiger partial charge in [0.05, 0.1) is 6.61 Å². The van der Waals surface area contributed by atoms with Crippen LogP contribution in [0.25, 0.3) is 0 Å². The van der Waals surface area contributed by atoms with E-state index >= 15 is 0 Å². The number of hydrogen-bond donors (Lipinski definition) is 1. The lowest BCUT2D eigenvalue weighted by atomic mass is 10.1. The summed E-state index contributed by atoms with van der Waals surface area (Å²) < 4.78 is 37.0. The summed E-state index contributed by atoms with van der Waals surface area (Å²) in [6, 6.07) is 0.946. The summed E-state index contributed by atoms with van der Waals surface area (Å²) in [5.41, 5.74) is -0.328. The first-order valence-corrected chi connectivity index (χ1v) is 3.61. The molecule has 0 aliphatic rings. The van der Waals surface area contributed by atoms with Crippen molar-refractivity contribution in [1.29, 1.82) is 0 Å². The van der Waals surface area contributed by atoms with E-state index in [4.69, 9.17) is 5.11 Å². The molecule has 0 spiro atoms. The first-order chi connectivity index (χ1) is 6.06. The average Bonchev–Trinajstić information content (AvgIpc) is 2.08. The molecule has 0 atom stereocenters. The van der Waals surface area contributed by atoms with E-state index in [9.17, 15) is 13.2 Å². The number of alkyl halides is 2. The third-order valence-corrected chi connectivity index (χ3v) is 1.76. The van der Waals surface area contributed by atoms with E-state index in [0.717, 1.165) is 6.07 Å². The predicted molar refractivity (Wildman–Crippen MR) is 39.8 cm³/mol. The average molecular weight is 191 g/mol. The van der Waals surface area contributed by atoms with Crippen LogP contribution in [-0.2, 0) is 6.61 Å². The van der Waals surface area contributed by atoms with Gasteiger partial charge in [-0.15, -0.1) is 0 Å². The van der Waals surface area contributed by atoms with Gasteiger partial charge in [-0.2, -0.15) is 4.39 Å². The molecule has 0 fully saturated rings. The molecule has 0 aliphatic carbocycles. The Morgan fingerprint density at radius 2 is 2.15 bits per heavy atom. The molecule has 1 rings (SSSR count). The van der Waals surface area contributed by atoms with Gasteiger partial charge in [0.2, 0.25) is 5.95 Å². The third kappa shape index (κ3) is 1.98. The normalized spacial score (nSPS) is 10.9. The van der Waals surface area contributed by atoms with Crippen LogP contribution in [0.5, 0.6) is 0 Å². The van der Waals surface area contributed by atoms with E-state index in [1.807, 2.05) is 0 Å². The lowest BCUT2D eigenvalue weighted by Crippen LogP contribution is -2.02. The molecule has 0 unspecified atom stereocenters. The second-order valence-electron chi connectivity index (χ2n) is 2.57. The van der Waals surface area contributed by atoms with Crippen molar-refractivity contribution in [2.24, 2.45) is 0 Å². The number of aliphatic hydroxyl groups excluding tert-OH is 1. The minimum absolute atomic E-state index is 0.138. The first-order valence-electron chi connectivity index (χ1n) is 3.61. The van der Waals surface area contributed by atoms with Crippen LogP contribution in [0, 0.1) is 12.9 Å².